The average Bonchev–Trinajstić information content (AvgIpc) is 2.02. The molecule has 0 saturated carbocycles. The summed E-state index contributed by atoms with van der Waals surface area (Å²) in [4.78, 5) is 0. The average molecular weight is 229 g/mol. The van der Waals surface area contributed by atoms with Crippen molar-refractivity contribution in [3.63, 3.8) is 0 Å². The van der Waals surface area contributed by atoms with Crippen molar-refractivity contribution in [1.82, 2.24) is 0 Å². The van der Waals surface area contributed by atoms with Crippen LogP contribution in [-0.4, -0.2) is 11.4 Å². The highest BCUT2D eigenvalue weighted by molar-refractivity contribution is 5.94. The Kier molecular flexibility index (Phi) is 4.62. The van der Waals surface area contributed by atoms with Gasteiger partial charge in [0, 0.05) is 5.56 Å². The van der Waals surface area contributed by atoms with Gasteiger partial charge in [-0.2, -0.15) is 0 Å². The SMILES string of the molecule is CC(C)(C)Oc1ccc(C(=N)N)cc1.Cl. The van der Waals surface area contributed by atoms with E-state index in [-0.39, 0.29) is 23.8 Å². The summed E-state index contributed by atoms with van der Waals surface area (Å²) < 4.78 is 5.63. The first-order valence-corrected chi connectivity index (χ1v) is 4.52. The van der Waals surface area contributed by atoms with Gasteiger partial charge in [-0.25, -0.2) is 0 Å². The smallest absolute Gasteiger partial charge is 0.122 e. The Morgan fingerprint density at radius 3 is 2.00 bits per heavy atom. The molecule has 0 spiro atoms. The zero-order chi connectivity index (χ0) is 10.8. The summed E-state index contributed by atoms with van der Waals surface area (Å²) in [5.74, 6) is 0.870. The van der Waals surface area contributed by atoms with Crippen molar-refractivity contribution in [1.29, 1.82) is 5.41 Å². The number of hydrogen-bond donors (Lipinski definition) is 2. The standard InChI is InChI=1S/C11H16N2O.ClH/c1-11(2,3)14-9-6-4-8(5-7-9)10(12)13;/h4-7H,1-3H3,(H3,12,13);1H. The number of nitrogens with one attached hydrogen (secondary N) is 1. The lowest BCUT2D eigenvalue weighted by atomic mass is 10.1. The van der Waals surface area contributed by atoms with Crippen LogP contribution < -0.4 is 10.5 Å². The molecular formula is C11H17ClN2O. The third-order valence-electron chi connectivity index (χ3n) is 1.59. The monoisotopic (exact) mass is 228 g/mol. The van der Waals surface area contributed by atoms with E-state index in [9.17, 15) is 0 Å². The molecule has 0 aromatic heterocycles. The number of benzene rings is 1. The number of ether oxygens (including phenoxy) is 1. The molecule has 0 bridgehead atoms. The minimum atomic E-state index is -0.197. The van der Waals surface area contributed by atoms with E-state index in [4.69, 9.17) is 15.9 Å². The molecule has 3 nitrogen and oxygen atoms in total. The Labute approximate surface area is 96.5 Å². The van der Waals surface area contributed by atoms with Crippen LogP contribution in [-0.2, 0) is 0 Å². The number of nitrogens with two attached hydrogens (primary N) is 1. The number of hydrogen-bond acceptors (Lipinski definition) is 2. The molecule has 0 fully saturated rings. The van der Waals surface area contributed by atoms with Crippen molar-refractivity contribution in [2.24, 2.45) is 5.73 Å². The molecular weight excluding hydrogens is 212 g/mol. The second-order valence-corrected chi connectivity index (χ2v) is 4.15. The van der Waals surface area contributed by atoms with Gasteiger partial charge in [0.15, 0.2) is 0 Å². The maximum absolute atomic E-state index is 7.22. The summed E-state index contributed by atoms with van der Waals surface area (Å²) >= 11 is 0. The molecule has 1 rings (SSSR count). The zero-order valence-corrected chi connectivity index (χ0v) is 10.0. The molecule has 0 aliphatic heterocycles. The highest BCUT2D eigenvalue weighted by atomic mass is 35.5. The first kappa shape index (κ1) is 13.8. The Morgan fingerprint density at radius 1 is 1.20 bits per heavy atom. The van der Waals surface area contributed by atoms with Gasteiger partial charge < -0.3 is 10.5 Å². The normalized spacial score (nSPS) is 10.3. The molecule has 0 radical (unpaired) electrons. The fourth-order valence-corrected chi connectivity index (χ4v) is 1.06. The third kappa shape index (κ3) is 4.70. The van der Waals surface area contributed by atoms with E-state index in [2.05, 4.69) is 0 Å². The van der Waals surface area contributed by atoms with Crippen molar-refractivity contribution < 1.29 is 4.74 Å². The predicted molar refractivity (Wildman–Crippen MR) is 65.1 cm³/mol. The summed E-state index contributed by atoms with van der Waals surface area (Å²) in [6.07, 6.45) is 0. The third-order valence-corrected chi connectivity index (χ3v) is 1.59. The van der Waals surface area contributed by atoms with Crippen molar-refractivity contribution >= 4 is 18.2 Å². The molecule has 4 heteroatoms. The summed E-state index contributed by atoms with van der Waals surface area (Å²) in [6.45, 7) is 5.98. The van der Waals surface area contributed by atoms with Crippen molar-refractivity contribution in [2.45, 2.75) is 26.4 Å². The summed E-state index contributed by atoms with van der Waals surface area (Å²) in [7, 11) is 0. The Bertz CT molecular complexity index is 327. The molecule has 15 heavy (non-hydrogen) atoms. The van der Waals surface area contributed by atoms with E-state index in [1.54, 1.807) is 12.1 Å². The highest BCUT2D eigenvalue weighted by Gasteiger charge is 2.11. The van der Waals surface area contributed by atoms with Crippen LogP contribution in [0.25, 0.3) is 0 Å². The lowest BCUT2D eigenvalue weighted by Crippen LogP contribution is -2.23. The molecule has 3 N–H and O–H groups in total. The van der Waals surface area contributed by atoms with E-state index < -0.39 is 0 Å². The second kappa shape index (κ2) is 5.03. The number of rotatable bonds is 2. The van der Waals surface area contributed by atoms with Gasteiger partial charge in [0.05, 0.1) is 0 Å². The number of nitrogen functional groups attached to an aromatic ring is 1. The number of amidine groups is 1. The molecule has 0 amide bonds. The Balaban J connectivity index is 0.00000196. The van der Waals surface area contributed by atoms with Crippen LogP contribution in [0.4, 0.5) is 0 Å². The van der Waals surface area contributed by atoms with Gasteiger partial charge >= 0.3 is 0 Å². The molecule has 0 saturated heterocycles. The van der Waals surface area contributed by atoms with Crippen LogP contribution in [0, 0.1) is 5.41 Å². The molecule has 84 valence electrons. The van der Waals surface area contributed by atoms with Gasteiger partial charge in [0.25, 0.3) is 0 Å². The maximum Gasteiger partial charge on any atom is 0.122 e. The van der Waals surface area contributed by atoms with E-state index in [1.165, 1.54) is 0 Å². The Hall–Kier alpha value is -1.22. The summed E-state index contributed by atoms with van der Waals surface area (Å²) in [6, 6.07) is 7.21. The van der Waals surface area contributed by atoms with Gasteiger partial charge in [0.1, 0.15) is 17.2 Å². The van der Waals surface area contributed by atoms with Crippen LogP contribution in [0.5, 0.6) is 5.75 Å². The van der Waals surface area contributed by atoms with Gasteiger partial charge in [-0.05, 0) is 45.0 Å². The molecule has 0 unspecified atom stereocenters. The summed E-state index contributed by atoms with van der Waals surface area (Å²) in [5.41, 5.74) is 5.85. The Morgan fingerprint density at radius 2 is 1.67 bits per heavy atom. The molecule has 1 aromatic carbocycles. The van der Waals surface area contributed by atoms with Crippen LogP contribution in [0.3, 0.4) is 0 Å². The zero-order valence-electron chi connectivity index (χ0n) is 9.20. The summed E-state index contributed by atoms with van der Waals surface area (Å²) in [5, 5.41) is 7.22. The molecule has 0 heterocycles. The van der Waals surface area contributed by atoms with Gasteiger partial charge in [0.2, 0.25) is 0 Å². The lowest BCUT2D eigenvalue weighted by Gasteiger charge is -2.21. The van der Waals surface area contributed by atoms with Crippen molar-refractivity contribution in [3.05, 3.63) is 29.8 Å². The van der Waals surface area contributed by atoms with E-state index in [1.807, 2.05) is 32.9 Å². The predicted octanol–water partition coefficient (Wildman–Crippen LogP) is 2.57. The molecule has 1 aromatic rings. The molecule has 0 atom stereocenters. The van der Waals surface area contributed by atoms with Gasteiger partial charge in [-0.15, -0.1) is 12.4 Å². The number of halogens is 1. The highest BCUT2D eigenvalue weighted by Crippen LogP contribution is 2.18. The largest absolute Gasteiger partial charge is 0.488 e. The van der Waals surface area contributed by atoms with Crippen LogP contribution in [0.2, 0.25) is 0 Å². The van der Waals surface area contributed by atoms with Crippen LogP contribution >= 0.6 is 12.4 Å². The minimum absolute atomic E-state index is 0. The first-order valence-electron chi connectivity index (χ1n) is 4.52. The second-order valence-electron chi connectivity index (χ2n) is 4.15. The van der Waals surface area contributed by atoms with E-state index >= 15 is 0 Å². The van der Waals surface area contributed by atoms with Gasteiger partial charge in [-0.1, -0.05) is 0 Å². The van der Waals surface area contributed by atoms with Crippen molar-refractivity contribution in [3.8, 4) is 5.75 Å². The quantitative estimate of drug-likeness (QED) is 0.604. The fourth-order valence-electron chi connectivity index (χ4n) is 1.06. The van der Waals surface area contributed by atoms with Crippen LogP contribution in [0.1, 0.15) is 26.3 Å². The topological polar surface area (TPSA) is 59.1 Å². The fraction of sp³-hybridized carbons (Fsp3) is 0.364. The first-order chi connectivity index (χ1) is 6.38. The lowest BCUT2D eigenvalue weighted by molar-refractivity contribution is 0.131. The van der Waals surface area contributed by atoms with Gasteiger partial charge in [-0.3, -0.25) is 5.41 Å². The van der Waals surface area contributed by atoms with E-state index in [0.29, 0.717) is 5.56 Å². The van der Waals surface area contributed by atoms with Crippen molar-refractivity contribution in [2.75, 3.05) is 0 Å². The maximum atomic E-state index is 7.22. The molecule has 0 aliphatic carbocycles. The minimum Gasteiger partial charge on any atom is -0.488 e. The molecule has 0 aliphatic rings. The van der Waals surface area contributed by atoms with E-state index in [0.717, 1.165) is 5.75 Å². The van der Waals surface area contributed by atoms with Crippen LogP contribution in [0.15, 0.2) is 24.3 Å².